The predicted octanol–water partition coefficient (Wildman–Crippen LogP) is 4.09. The standard InChI is InChI=1S/C28H40N6O3/c29-23-10-5-6-12-25(23)32-27(35)26-14-13-21(20-30-26)24(33-28(36)31-22-8-3-4-9-22)11-2-1-7-15-34-16-18-37-19-17-34/h5-6,10,12-14,20,22,24H,1-4,7-9,11,15-19,29H2,(H,32,35)(H2,31,33,36). The van der Waals surface area contributed by atoms with Crippen LogP contribution in [0.25, 0.3) is 0 Å². The molecule has 2 aliphatic rings. The van der Waals surface area contributed by atoms with E-state index in [0.717, 1.165) is 76.9 Å². The van der Waals surface area contributed by atoms with Crippen molar-refractivity contribution in [1.29, 1.82) is 0 Å². The lowest BCUT2D eigenvalue weighted by Gasteiger charge is -2.26. The van der Waals surface area contributed by atoms with Gasteiger partial charge in [0.1, 0.15) is 5.69 Å². The normalized spacial score (nSPS) is 17.3. The fourth-order valence-electron chi connectivity index (χ4n) is 5.01. The Morgan fingerprint density at radius 1 is 1.05 bits per heavy atom. The van der Waals surface area contributed by atoms with E-state index in [1.807, 2.05) is 18.2 Å². The largest absolute Gasteiger partial charge is 0.397 e. The highest BCUT2D eigenvalue weighted by Gasteiger charge is 2.21. The number of nitrogen functional groups attached to an aromatic ring is 1. The van der Waals surface area contributed by atoms with E-state index in [-0.39, 0.29) is 24.0 Å². The Morgan fingerprint density at radius 3 is 2.57 bits per heavy atom. The molecule has 4 rings (SSSR count). The zero-order chi connectivity index (χ0) is 25.9. The molecule has 0 spiro atoms. The molecule has 1 aromatic heterocycles. The number of morpholine rings is 1. The van der Waals surface area contributed by atoms with Gasteiger partial charge in [-0.25, -0.2) is 4.79 Å². The average molecular weight is 509 g/mol. The molecule has 2 heterocycles. The third-order valence-electron chi connectivity index (χ3n) is 7.20. The first kappa shape index (κ1) is 26.9. The minimum absolute atomic E-state index is 0.133. The van der Waals surface area contributed by atoms with Crippen LogP contribution >= 0.6 is 0 Å². The number of carbonyl (C=O) groups excluding carboxylic acids is 2. The van der Waals surface area contributed by atoms with Crippen LogP contribution < -0.4 is 21.7 Å². The van der Waals surface area contributed by atoms with Crippen LogP contribution in [0.2, 0.25) is 0 Å². The molecule has 2 fully saturated rings. The number of amides is 3. The third-order valence-corrected chi connectivity index (χ3v) is 7.20. The number of hydrogen-bond acceptors (Lipinski definition) is 6. The van der Waals surface area contributed by atoms with E-state index in [1.165, 1.54) is 12.8 Å². The van der Waals surface area contributed by atoms with E-state index in [4.69, 9.17) is 10.5 Å². The van der Waals surface area contributed by atoms with Crippen molar-refractivity contribution in [2.45, 2.75) is 63.5 Å². The highest BCUT2D eigenvalue weighted by Crippen LogP contribution is 2.22. The van der Waals surface area contributed by atoms with Gasteiger partial charge in [0.05, 0.1) is 30.6 Å². The summed E-state index contributed by atoms with van der Waals surface area (Å²) in [6, 6.07) is 10.7. The average Bonchev–Trinajstić information content (AvgIpc) is 3.43. The second-order valence-electron chi connectivity index (χ2n) is 9.97. The predicted molar refractivity (Wildman–Crippen MR) is 145 cm³/mol. The van der Waals surface area contributed by atoms with E-state index >= 15 is 0 Å². The summed E-state index contributed by atoms with van der Waals surface area (Å²) in [7, 11) is 0. The number of benzene rings is 1. The van der Waals surface area contributed by atoms with Crippen LogP contribution in [0.15, 0.2) is 42.6 Å². The number of rotatable bonds is 11. The molecule has 1 saturated carbocycles. The summed E-state index contributed by atoms with van der Waals surface area (Å²) in [5, 5.41) is 9.09. The Kier molecular flexibility index (Phi) is 10.1. The fourth-order valence-corrected chi connectivity index (χ4v) is 5.01. The lowest BCUT2D eigenvalue weighted by molar-refractivity contribution is 0.0371. The monoisotopic (exact) mass is 508 g/mol. The van der Waals surface area contributed by atoms with Gasteiger partial charge in [0.25, 0.3) is 5.91 Å². The lowest BCUT2D eigenvalue weighted by atomic mass is 10.0. The Balaban J connectivity index is 1.33. The Hall–Kier alpha value is -3.17. The van der Waals surface area contributed by atoms with Crippen molar-refractivity contribution < 1.29 is 14.3 Å². The number of urea groups is 1. The van der Waals surface area contributed by atoms with Crippen molar-refractivity contribution in [3.8, 4) is 0 Å². The van der Waals surface area contributed by atoms with E-state index in [0.29, 0.717) is 17.1 Å². The van der Waals surface area contributed by atoms with Gasteiger partial charge in [-0.2, -0.15) is 0 Å². The summed E-state index contributed by atoms with van der Waals surface area (Å²) in [6.45, 7) is 4.74. The fraction of sp³-hybridized carbons (Fsp3) is 0.536. The summed E-state index contributed by atoms with van der Waals surface area (Å²) in [5.41, 5.74) is 8.18. The van der Waals surface area contributed by atoms with E-state index < -0.39 is 0 Å². The summed E-state index contributed by atoms with van der Waals surface area (Å²) < 4.78 is 5.43. The lowest BCUT2D eigenvalue weighted by Crippen LogP contribution is -2.42. The zero-order valence-electron chi connectivity index (χ0n) is 21.6. The van der Waals surface area contributed by atoms with Gasteiger partial charge in [-0.15, -0.1) is 0 Å². The molecule has 1 aliphatic carbocycles. The van der Waals surface area contributed by atoms with Crippen molar-refractivity contribution in [3.05, 3.63) is 53.9 Å². The molecule has 1 unspecified atom stereocenters. The van der Waals surface area contributed by atoms with Crippen molar-refractivity contribution in [2.24, 2.45) is 0 Å². The maximum Gasteiger partial charge on any atom is 0.315 e. The number of ether oxygens (including phenoxy) is 1. The van der Waals surface area contributed by atoms with Crippen LogP contribution in [0.5, 0.6) is 0 Å². The first-order valence-electron chi connectivity index (χ1n) is 13.6. The summed E-state index contributed by atoms with van der Waals surface area (Å²) >= 11 is 0. The number of anilines is 2. The molecule has 200 valence electrons. The molecular weight excluding hydrogens is 468 g/mol. The molecule has 3 amide bonds. The molecule has 1 aromatic carbocycles. The molecule has 1 atom stereocenters. The molecule has 2 aromatic rings. The summed E-state index contributed by atoms with van der Waals surface area (Å²) in [5.74, 6) is -0.323. The van der Waals surface area contributed by atoms with Crippen molar-refractivity contribution in [2.75, 3.05) is 43.9 Å². The Morgan fingerprint density at radius 2 is 1.84 bits per heavy atom. The second-order valence-corrected chi connectivity index (χ2v) is 9.97. The van der Waals surface area contributed by atoms with E-state index in [2.05, 4.69) is 25.8 Å². The van der Waals surface area contributed by atoms with E-state index in [9.17, 15) is 9.59 Å². The molecule has 9 nitrogen and oxygen atoms in total. The molecule has 0 radical (unpaired) electrons. The third kappa shape index (κ3) is 8.43. The zero-order valence-corrected chi connectivity index (χ0v) is 21.6. The number of pyridine rings is 1. The highest BCUT2D eigenvalue weighted by molar-refractivity contribution is 6.04. The maximum absolute atomic E-state index is 12.8. The molecular formula is C28H40N6O3. The van der Waals surface area contributed by atoms with Gasteiger partial charge in [0.2, 0.25) is 0 Å². The Labute approximate surface area is 219 Å². The molecule has 5 N–H and O–H groups in total. The van der Waals surface area contributed by atoms with Gasteiger partial charge in [-0.3, -0.25) is 14.7 Å². The first-order valence-corrected chi connectivity index (χ1v) is 13.6. The maximum atomic E-state index is 12.8. The topological polar surface area (TPSA) is 122 Å². The van der Waals surface area contributed by atoms with Crippen molar-refractivity contribution >= 4 is 23.3 Å². The van der Waals surface area contributed by atoms with Gasteiger partial charge in [-0.1, -0.05) is 43.9 Å². The quantitative estimate of drug-likeness (QED) is 0.268. The number of carbonyl (C=O) groups is 2. The second kappa shape index (κ2) is 13.9. The van der Waals surface area contributed by atoms with Crippen LogP contribution in [-0.4, -0.2) is 60.7 Å². The van der Waals surface area contributed by atoms with Crippen molar-refractivity contribution in [1.82, 2.24) is 20.5 Å². The van der Waals surface area contributed by atoms with Gasteiger partial charge >= 0.3 is 6.03 Å². The minimum atomic E-state index is -0.323. The van der Waals surface area contributed by atoms with Gasteiger partial charge in [0, 0.05) is 25.3 Å². The van der Waals surface area contributed by atoms with Gasteiger partial charge in [0.15, 0.2) is 0 Å². The molecule has 37 heavy (non-hydrogen) atoms. The minimum Gasteiger partial charge on any atom is -0.397 e. The summed E-state index contributed by atoms with van der Waals surface area (Å²) in [4.78, 5) is 32.3. The molecule has 9 heteroatoms. The number of nitrogens with two attached hydrogens (primary N) is 1. The molecule has 1 saturated heterocycles. The van der Waals surface area contributed by atoms with Crippen LogP contribution in [0.3, 0.4) is 0 Å². The number of aromatic nitrogens is 1. The Bertz CT molecular complexity index is 1000. The number of unbranched alkanes of at least 4 members (excludes halogenated alkanes) is 2. The van der Waals surface area contributed by atoms with Crippen LogP contribution in [0.1, 0.15) is 73.5 Å². The van der Waals surface area contributed by atoms with Crippen LogP contribution in [-0.2, 0) is 4.74 Å². The van der Waals surface area contributed by atoms with Crippen LogP contribution in [0.4, 0.5) is 16.2 Å². The SMILES string of the molecule is Nc1ccccc1NC(=O)c1ccc(C(CCCCCN2CCOCC2)NC(=O)NC2CCCC2)cn1. The number of nitrogens with one attached hydrogen (secondary N) is 3. The smallest absolute Gasteiger partial charge is 0.315 e. The molecule has 0 bridgehead atoms. The molecule has 1 aliphatic heterocycles. The van der Waals surface area contributed by atoms with Gasteiger partial charge in [-0.05, 0) is 56.0 Å². The number of nitrogens with zero attached hydrogens (tertiary/aromatic N) is 2. The summed E-state index contributed by atoms with van der Waals surface area (Å²) in [6.07, 6.45) is 10.1. The van der Waals surface area contributed by atoms with Crippen LogP contribution in [0, 0.1) is 0 Å². The highest BCUT2D eigenvalue weighted by atomic mass is 16.5. The van der Waals surface area contributed by atoms with E-state index in [1.54, 1.807) is 24.4 Å². The number of para-hydroxylation sites is 2. The first-order chi connectivity index (χ1) is 18.1. The number of hydrogen-bond donors (Lipinski definition) is 4. The van der Waals surface area contributed by atoms with Crippen molar-refractivity contribution in [3.63, 3.8) is 0 Å². The van der Waals surface area contributed by atoms with Gasteiger partial charge < -0.3 is 26.4 Å².